The predicted octanol–water partition coefficient (Wildman–Crippen LogP) is 1.92. The fourth-order valence-electron chi connectivity index (χ4n) is 2.76. The van der Waals surface area contributed by atoms with E-state index in [2.05, 4.69) is 0 Å². The van der Waals surface area contributed by atoms with Crippen LogP contribution in [-0.4, -0.2) is 23.3 Å². The highest BCUT2D eigenvalue weighted by molar-refractivity contribution is 6.09. The standard InChI is InChI=1S/C15H19NO3/c1-4-8-16-13-10(2)6-5-7-12(13)15(19,14(16)18)9-11(3)17/h5-7,19H,4,8-9H2,1-3H3. The van der Waals surface area contributed by atoms with Crippen LogP contribution in [0.3, 0.4) is 0 Å². The van der Waals surface area contributed by atoms with E-state index >= 15 is 0 Å². The first-order valence-electron chi connectivity index (χ1n) is 6.55. The van der Waals surface area contributed by atoms with E-state index in [0.29, 0.717) is 12.1 Å². The number of aryl methyl sites for hydroxylation is 1. The molecule has 2 rings (SSSR count). The normalized spacial score (nSPS) is 21.7. The highest BCUT2D eigenvalue weighted by Crippen LogP contribution is 2.44. The van der Waals surface area contributed by atoms with Crippen molar-refractivity contribution in [2.24, 2.45) is 0 Å². The Morgan fingerprint density at radius 2 is 2.11 bits per heavy atom. The molecule has 0 saturated heterocycles. The molecular weight excluding hydrogens is 242 g/mol. The molecule has 102 valence electrons. The first-order chi connectivity index (χ1) is 8.91. The maximum atomic E-state index is 12.5. The Morgan fingerprint density at radius 1 is 1.42 bits per heavy atom. The number of carbonyl (C=O) groups excluding carboxylic acids is 2. The van der Waals surface area contributed by atoms with Crippen molar-refractivity contribution in [2.45, 2.75) is 39.2 Å². The van der Waals surface area contributed by atoms with E-state index in [4.69, 9.17) is 0 Å². The summed E-state index contributed by atoms with van der Waals surface area (Å²) >= 11 is 0. The average molecular weight is 261 g/mol. The smallest absolute Gasteiger partial charge is 0.264 e. The Hall–Kier alpha value is -1.68. The number of aliphatic hydroxyl groups is 1. The minimum Gasteiger partial charge on any atom is -0.375 e. The summed E-state index contributed by atoms with van der Waals surface area (Å²) in [6, 6.07) is 5.45. The van der Waals surface area contributed by atoms with Crippen LogP contribution in [0, 0.1) is 6.92 Å². The van der Waals surface area contributed by atoms with Crippen LogP contribution in [0.5, 0.6) is 0 Å². The van der Waals surface area contributed by atoms with Gasteiger partial charge in [0, 0.05) is 18.5 Å². The SMILES string of the molecule is CCCN1C(=O)C(O)(CC(C)=O)c2cccc(C)c21. The van der Waals surface area contributed by atoms with Gasteiger partial charge in [-0.1, -0.05) is 25.1 Å². The molecule has 0 spiro atoms. The van der Waals surface area contributed by atoms with Crippen LogP contribution in [0.25, 0.3) is 0 Å². The number of fused-ring (bicyclic) bond motifs is 1. The van der Waals surface area contributed by atoms with Crippen molar-refractivity contribution in [1.29, 1.82) is 0 Å². The van der Waals surface area contributed by atoms with Crippen LogP contribution in [0.1, 0.15) is 37.8 Å². The summed E-state index contributed by atoms with van der Waals surface area (Å²) in [7, 11) is 0. The number of hydrogen-bond acceptors (Lipinski definition) is 3. The van der Waals surface area contributed by atoms with Crippen LogP contribution >= 0.6 is 0 Å². The number of anilines is 1. The van der Waals surface area contributed by atoms with Gasteiger partial charge in [-0.3, -0.25) is 9.59 Å². The van der Waals surface area contributed by atoms with Gasteiger partial charge >= 0.3 is 0 Å². The van der Waals surface area contributed by atoms with Gasteiger partial charge in [0.2, 0.25) is 0 Å². The molecule has 0 saturated carbocycles. The summed E-state index contributed by atoms with van der Waals surface area (Å²) in [5.41, 5.74) is 0.570. The van der Waals surface area contributed by atoms with Gasteiger partial charge in [-0.2, -0.15) is 0 Å². The maximum absolute atomic E-state index is 12.5. The Labute approximate surface area is 113 Å². The number of amides is 1. The number of Topliss-reactive ketones (excluding diaryl/α,β-unsaturated/α-hetero) is 1. The molecule has 1 N–H and O–H groups in total. The lowest BCUT2D eigenvalue weighted by Gasteiger charge is -2.21. The molecule has 1 aliphatic heterocycles. The monoisotopic (exact) mass is 261 g/mol. The fourth-order valence-corrected chi connectivity index (χ4v) is 2.76. The molecule has 4 nitrogen and oxygen atoms in total. The van der Waals surface area contributed by atoms with Crippen molar-refractivity contribution in [2.75, 3.05) is 11.4 Å². The number of benzene rings is 1. The number of ketones is 1. The zero-order chi connectivity index (χ0) is 14.2. The molecule has 0 radical (unpaired) electrons. The Kier molecular flexibility index (Phi) is 3.45. The van der Waals surface area contributed by atoms with Crippen molar-refractivity contribution in [3.63, 3.8) is 0 Å². The number of hydrogen-bond donors (Lipinski definition) is 1. The van der Waals surface area contributed by atoms with Gasteiger partial charge in [-0.25, -0.2) is 0 Å². The van der Waals surface area contributed by atoms with Gasteiger partial charge in [-0.15, -0.1) is 0 Å². The molecule has 19 heavy (non-hydrogen) atoms. The molecule has 0 fully saturated rings. The lowest BCUT2D eigenvalue weighted by Crippen LogP contribution is -2.41. The number of para-hydroxylation sites is 1. The minimum absolute atomic E-state index is 0.164. The summed E-state index contributed by atoms with van der Waals surface area (Å²) in [5.74, 6) is -0.574. The van der Waals surface area contributed by atoms with E-state index < -0.39 is 5.60 Å². The van der Waals surface area contributed by atoms with Crippen molar-refractivity contribution < 1.29 is 14.7 Å². The summed E-state index contributed by atoms with van der Waals surface area (Å²) in [6.45, 7) is 5.84. The second kappa shape index (κ2) is 4.78. The van der Waals surface area contributed by atoms with Gasteiger partial charge in [0.25, 0.3) is 5.91 Å². The quantitative estimate of drug-likeness (QED) is 0.900. The highest BCUT2D eigenvalue weighted by Gasteiger charge is 2.50. The van der Waals surface area contributed by atoms with Crippen molar-refractivity contribution in [3.8, 4) is 0 Å². The van der Waals surface area contributed by atoms with Crippen LogP contribution in [0.2, 0.25) is 0 Å². The number of carbonyl (C=O) groups is 2. The van der Waals surface area contributed by atoms with Gasteiger partial charge in [0.1, 0.15) is 5.78 Å². The lowest BCUT2D eigenvalue weighted by atomic mass is 9.89. The molecule has 1 aliphatic rings. The molecule has 0 bridgehead atoms. The van der Waals surface area contributed by atoms with Crippen LogP contribution < -0.4 is 4.90 Å². The predicted molar refractivity (Wildman–Crippen MR) is 73.0 cm³/mol. The van der Waals surface area contributed by atoms with Crippen molar-refractivity contribution in [3.05, 3.63) is 29.3 Å². The topological polar surface area (TPSA) is 57.6 Å². The van der Waals surface area contributed by atoms with Gasteiger partial charge in [0.15, 0.2) is 5.60 Å². The zero-order valence-corrected chi connectivity index (χ0v) is 11.6. The molecule has 1 aromatic rings. The number of rotatable bonds is 4. The second-order valence-corrected chi connectivity index (χ2v) is 5.17. The van der Waals surface area contributed by atoms with E-state index in [1.54, 1.807) is 11.0 Å². The largest absolute Gasteiger partial charge is 0.375 e. The van der Waals surface area contributed by atoms with Gasteiger partial charge in [-0.05, 0) is 25.8 Å². The molecule has 1 atom stereocenters. The zero-order valence-electron chi connectivity index (χ0n) is 11.6. The Balaban J connectivity index is 2.59. The molecule has 1 aromatic carbocycles. The third-order valence-electron chi connectivity index (χ3n) is 3.50. The van der Waals surface area contributed by atoms with Gasteiger partial charge in [0.05, 0.1) is 5.69 Å². The van der Waals surface area contributed by atoms with E-state index in [1.807, 2.05) is 26.0 Å². The molecule has 1 amide bonds. The third-order valence-corrected chi connectivity index (χ3v) is 3.50. The fraction of sp³-hybridized carbons (Fsp3) is 0.467. The molecule has 4 heteroatoms. The highest BCUT2D eigenvalue weighted by atomic mass is 16.3. The first kappa shape index (κ1) is 13.7. The summed E-state index contributed by atoms with van der Waals surface area (Å²) < 4.78 is 0. The van der Waals surface area contributed by atoms with Crippen LogP contribution in [-0.2, 0) is 15.2 Å². The third kappa shape index (κ3) is 2.06. The minimum atomic E-state index is -1.69. The molecule has 0 aliphatic carbocycles. The maximum Gasteiger partial charge on any atom is 0.264 e. The van der Waals surface area contributed by atoms with E-state index in [-0.39, 0.29) is 18.1 Å². The molecule has 0 aromatic heterocycles. The molecule has 1 heterocycles. The first-order valence-corrected chi connectivity index (χ1v) is 6.55. The summed E-state index contributed by atoms with van der Waals surface area (Å²) in [4.78, 5) is 25.5. The van der Waals surface area contributed by atoms with Crippen LogP contribution in [0.15, 0.2) is 18.2 Å². The van der Waals surface area contributed by atoms with Crippen LogP contribution in [0.4, 0.5) is 5.69 Å². The van der Waals surface area contributed by atoms with Crippen molar-refractivity contribution >= 4 is 17.4 Å². The Bertz CT molecular complexity index is 538. The van der Waals surface area contributed by atoms with E-state index in [9.17, 15) is 14.7 Å². The lowest BCUT2D eigenvalue weighted by molar-refractivity contribution is -0.141. The summed E-state index contributed by atoms with van der Waals surface area (Å²) in [6.07, 6.45) is 0.637. The Morgan fingerprint density at radius 3 is 2.68 bits per heavy atom. The average Bonchev–Trinajstić information content (AvgIpc) is 2.53. The van der Waals surface area contributed by atoms with E-state index in [0.717, 1.165) is 17.7 Å². The van der Waals surface area contributed by atoms with Gasteiger partial charge < -0.3 is 10.0 Å². The molecular formula is C15H19NO3. The summed E-state index contributed by atoms with van der Waals surface area (Å²) in [5, 5.41) is 10.7. The van der Waals surface area contributed by atoms with E-state index in [1.165, 1.54) is 6.92 Å². The molecule has 1 unspecified atom stereocenters. The number of nitrogens with zero attached hydrogens (tertiary/aromatic N) is 1. The second-order valence-electron chi connectivity index (χ2n) is 5.17. The van der Waals surface area contributed by atoms with Crippen molar-refractivity contribution in [1.82, 2.24) is 0 Å².